The summed E-state index contributed by atoms with van der Waals surface area (Å²) in [6, 6.07) is 9.66. The van der Waals surface area contributed by atoms with Crippen molar-refractivity contribution in [2.75, 3.05) is 0 Å². The first kappa shape index (κ1) is 21.6. The molecule has 1 fully saturated rings. The molecule has 2 aromatic carbocycles. The van der Waals surface area contributed by atoms with Gasteiger partial charge in [0.25, 0.3) is 0 Å². The van der Waals surface area contributed by atoms with Crippen LogP contribution in [0.1, 0.15) is 80.6 Å². The van der Waals surface area contributed by atoms with Gasteiger partial charge in [0.1, 0.15) is 5.16 Å². The number of ketones is 1. The molecular weight excluding hydrogens is 379 g/mol. The van der Waals surface area contributed by atoms with Crippen LogP contribution in [0.15, 0.2) is 30.3 Å². The number of hydrogen-bond acceptors (Lipinski definition) is 3. The minimum atomic E-state index is -2.39. The van der Waals surface area contributed by atoms with Crippen LogP contribution < -0.4 is 0 Å². The lowest BCUT2D eigenvalue weighted by atomic mass is 9.80. The highest BCUT2D eigenvalue weighted by molar-refractivity contribution is 7.67. The molecular formula is C25H30O3P. The van der Waals surface area contributed by atoms with Gasteiger partial charge in [-0.3, -0.25) is 14.2 Å². The molecule has 0 saturated heterocycles. The van der Waals surface area contributed by atoms with Gasteiger partial charge in [0.15, 0.2) is 13.6 Å². The smallest absolute Gasteiger partial charge is 0.243 e. The average Bonchev–Trinajstić information content (AvgIpc) is 2.66. The molecule has 29 heavy (non-hydrogen) atoms. The summed E-state index contributed by atoms with van der Waals surface area (Å²) in [6.45, 7) is 9.59. The summed E-state index contributed by atoms with van der Waals surface area (Å²) < 4.78 is 13.8. The van der Waals surface area contributed by atoms with E-state index in [1.54, 1.807) is 0 Å². The van der Waals surface area contributed by atoms with E-state index >= 15 is 0 Å². The van der Waals surface area contributed by atoms with Gasteiger partial charge in [-0.1, -0.05) is 55.2 Å². The van der Waals surface area contributed by atoms with Crippen molar-refractivity contribution in [3.05, 3.63) is 69.3 Å². The van der Waals surface area contributed by atoms with Gasteiger partial charge in [0, 0.05) is 11.1 Å². The van der Waals surface area contributed by atoms with E-state index in [-0.39, 0.29) is 11.3 Å². The first-order valence-corrected chi connectivity index (χ1v) is 11.7. The third-order valence-corrected chi connectivity index (χ3v) is 8.30. The van der Waals surface area contributed by atoms with E-state index in [0.29, 0.717) is 24.0 Å². The van der Waals surface area contributed by atoms with Crippen molar-refractivity contribution in [3.8, 4) is 0 Å². The lowest BCUT2D eigenvalue weighted by Crippen LogP contribution is -2.39. The Morgan fingerprint density at radius 1 is 0.793 bits per heavy atom. The minimum Gasteiger partial charge on any atom is -0.293 e. The molecule has 0 aliphatic heterocycles. The van der Waals surface area contributed by atoms with Gasteiger partial charge in [-0.05, 0) is 69.7 Å². The van der Waals surface area contributed by atoms with Gasteiger partial charge in [-0.2, -0.15) is 0 Å². The molecule has 1 saturated carbocycles. The normalized spacial score (nSPS) is 16.4. The van der Waals surface area contributed by atoms with E-state index < -0.39 is 13.0 Å². The Bertz CT molecular complexity index is 954. The molecule has 1 radical (unpaired) electrons. The van der Waals surface area contributed by atoms with E-state index in [0.717, 1.165) is 47.1 Å². The monoisotopic (exact) mass is 409 g/mol. The second-order valence-corrected chi connectivity index (χ2v) is 10.4. The Hall–Kier alpha value is -2.12. The molecule has 3 rings (SSSR count). The standard InChI is InChI=1S/C25H30O3P/c1-16-14-19(4)22(20(5)15-16)24(27)29(28)25(12-7-6-8-13-25)23(26)21-17(2)10-9-11-18(21)3/h9-11,14-15H,6-8,12-13H2,1-5H3. The first-order valence-electron chi connectivity index (χ1n) is 10.4. The van der Waals surface area contributed by atoms with E-state index in [4.69, 9.17) is 0 Å². The lowest BCUT2D eigenvalue weighted by molar-refractivity contribution is 0.0902. The summed E-state index contributed by atoms with van der Waals surface area (Å²) in [5.74, 6) is -0.107. The Kier molecular flexibility index (Phi) is 6.19. The second kappa shape index (κ2) is 8.32. The molecule has 0 N–H and O–H groups in total. The quantitative estimate of drug-likeness (QED) is 0.404. The van der Waals surface area contributed by atoms with Crippen LogP contribution >= 0.6 is 7.80 Å². The highest BCUT2D eigenvalue weighted by Crippen LogP contribution is 2.53. The van der Waals surface area contributed by atoms with Gasteiger partial charge in [-0.25, -0.2) is 0 Å². The van der Waals surface area contributed by atoms with Crippen molar-refractivity contribution in [3.63, 3.8) is 0 Å². The van der Waals surface area contributed by atoms with E-state index in [1.165, 1.54) is 0 Å². The fourth-order valence-electron chi connectivity index (χ4n) is 4.88. The third kappa shape index (κ3) is 3.85. The predicted molar refractivity (Wildman–Crippen MR) is 119 cm³/mol. The maximum atomic E-state index is 13.8. The fraction of sp³-hybridized carbons (Fsp3) is 0.440. The predicted octanol–water partition coefficient (Wildman–Crippen LogP) is 6.78. The van der Waals surface area contributed by atoms with Crippen molar-refractivity contribution >= 4 is 19.1 Å². The molecule has 4 heteroatoms. The fourth-order valence-corrected chi connectivity index (χ4v) is 6.84. The van der Waals surface area contributed by atoms with Crippen LogP contribution in [-0.4, -0.2) is 16.5 Å². The molecule has 1 unspecified atom stereocenters. The van der Waals surface area contributed by atoms with Crippen LogP contribution in [0, 0.1) is 34.6 Å². The summed E-state index contributed by atoms with van der Waals surface area (Å²) in [5.41, 5.74) is 5.32. The Morgan fingerprint density at radius 3 is 1.83 bits per heavy atom. The zero-order chi connectivity index (χ0) is 21.3. The summed E-state index contributed by atoms with van der Waals surface area (Å²) >= 11 is 0. The molecule has 0 bridgehead atoms. The van der Waals surface area contributed by atoms with Crippen LogP contribution in [0.2, 0.25) is 0 Å². The molecule has 153 valence electrons. The maximum Gasteiger partial charge on any atom is 0.243 e. The van der Waals surface area contributed by atoms with Crippen molar-refractivity contribution in [2.24, 2.45) is 0 Å². The highest BCUT2D eigenvalue weighted by atomic mass is 31.1. The summed E-state index contributed by atoms with van der Waals surface area (Å²) in [6.07, 6.45) is 3.71. The van der Waals surface area contributed by atoms with Crippen molar-refractivity contribution in [2.45, 2.75) is 71.9 Å². The van der Waals surface area contributed by atoms with Gasteiger partial charge < -0.3 is 0 Å². The molecule has 3 nitrogen and oxygen atoms in total. The zero-order valence-corrected chi connectivity index (χ0v) is 19.0. The topological polar surface area (TPSA) is 51.2 Å². The van der Waals surface area contributed by atoms with Gasteiger partial charge in [0.05, 0.1) is 0 Å². The van der Waals surface area contributed by atoms with Crippen LogP contribution in [0.3, 0.4) is 0 Å². The number of Topliss-reactive ketones (excluding diaryl/α,β-unsaturated/α-hetero) is 1. The Balaban J connectivity index is 2.11. The maximum absolute atomic E-state index is 13.8. The van der Waals surface area contributed by atoms with Gasteiger partial charge >= 0.3 is 0 Å². The van der Waals surface area contributed by atoms with E-state index in [1.807, 2.05) is 65.0 Å². The molecule has 1 aliphatic carbocycles. The van der Waals surface area contributed by atoms with Gasteiger partial charge in [-0.15, -0.1) is 0 Å². The Labute approximate surface area is 174 Å². The first-order chi connectivity index (χ1) is 13.7. The van der Waals surface area contributed by atoms with Crippen molar-refractivity contribution in [1.82, 2.24) is 0 Å². The minimum absolute atomic E-state index is 0.107. The molecule has 0 heterocycles. The van der Waals surface area contributed by atoms with Crippen LogP contribution in [0.5, 0.6) is 0 Å². The Morgan fingerprint density at radius 2 is 1.31 bits per heavy atom. The average molecular weight is 409 g/mol. The molecule has 1 aliphatic rings. The molecule has 1 atom stereocenters. The summed E-state index contributed by atoms with van der Waals surface area (Å²) in [7, 11) is -2.39. The number of aryl methyl sites for hydroxylation is 5. The van der Waals surface area contributed by atoms with Crippen molar-refractivity contribution < 1.29 is 14.2 Å². The number of carbonyl (C=O) groups is 2. The zero-order valence-electron chi connectivity index (χ0n) is 18.1. The second-order valence-electron chi connectivity index (χ2n) is 8.56. The van der Waals surface area contributed by atoms with E-state index in [9.17, 15) is 14.2 Å². The van der Waals surface area contributed by atoms with Crippen LogP contribution in [0.25, 0.3) is 0 Å². The molecule has 2 aromatic rings. The lowest BCUT2D eigenvalue weighted by Gasteiger charge is -2.35. The van der Waals surface area contributed by atoms with E-state index in [2.05, 4.69) is 0 Å². The summed E-state index contributed by atoms with van der Waals surface area (Å²) in [5, 5.41) is -1.09. The molecule has 0 amide bonds. The molecule has 0 spiro atoms. The molecule has 0 aromatic heterocycles. The van der Waals surface area contributed by atoms with Crippen LogP contribution in [-0.2, 0) is 4.57 Å². The third-order valence-electron chi connectivity index (χ3n) is 6.28. The number of carbonyl (C=O) groups excluding carboxylic acids is 2. The van der Waals surface area contributed by atoms with Crippen molar-refractivity contribution in [1.29, 1.82) is 0 Å². The summed E-state index contributed by atoms with van der Waals surface area (Å²) in [4.78, 5) is 27.3. The number of hydrogen-bond donors (Lipinski definition) is 0. The number of rotatable bonds is 5. The SMILES string of the molecule is Cc1cc(C)c(C(=O)[P](=O)C2(C(=O)c3c(C)cccc3C)CCCCC2)c(C)c1. The highest BCUT2D eigenvalue weighted by Gasteiger charge is 2.49. The largest absolute Gasteiger partial charge is 0.293 e. The van der Waals surface area contributed by atoms with Crippen LogP contribution in [0.4, 0.5) is 0 Å². The number of benzene rings is 2. The van der Waals surface area contributed by atoms with Gasteiger partial charge in [0.2, 0.25) is 5.52 Å².